The van der Waals surface area contributed by atoms with Crippen LogP contribution in [0, 0.1) is 0 Å². The highest BCUT2D eigenvalue weighted by molar-refractivity contribution is 7.20. The molecule has 0 aliphatic carbocycles. The number of anilines is 1. The van der Waals surface area contributed by atoms with Gasteiger partial charge in [-0.05, 0) is 19.3 Å². The summed E-state index contributed by atoms with van der Waals surface area (Å²) in [5.41, 5.74) is -0.196. The van der Waals surface area contributed by atoms with Crippen LogP contribution < -0.4 is 15.8 Å². The Kier molecular flexibility index (Phi) is 5.98. The van der Waals surface area contributed by atoms with Crippen molar-refractivity contribution in [3.63, 3.8) is 0 Å². The van der Waals surface area contributed by atoms with Gasteiger partial charge in [-0.2, -0.15) is 9.50 Å². The molecule has 25 heavy (non-hydrogen) atoms. The molecule has 1 saturated heterocycles. The van der Waals surface area contributed by atoms with Gasteiger partial charge in [0, 0.05) is 39.4 Å². The van der Waals surface area contributed by atoms with Crippen LogP contribution >= 0.6 is 11.3 Å². The van der Waals surface area contributed by atoms with Gasteiger partial charge in [-0.15, -0.1) is 5.10 Å². The van der Waals surface area contributed by atoms with Crippen LogP contribution in [0.3, 0.4) is 0 Å². The largest absolute Gasteiger partial charge is 0.385 e. The van der Waals surface area contributed by atoms with Crippen molar-refractivity contribution < 1.29 is 9.53 Å². The summed E-state index contributed by atoms with van der Waals surface area (Å²) in [6.07, 6.45) is 5.43. The Balaban J connectivity index is 1.85. The van der Waals surface area contributed by atoms with Crippen LogP contribution in [0.1, 0.15) is 42.6 Å². The van der Waals surface area contributed by atoms with E-state index in [1.165, 1.54) is 34.8 Å². The van der Waals surface area contributed by atoms with Gasteiger partial charge in [0.2, 0.25) is 10.1 Å². The molecule has 1 aliphatic heterocycles. The quantitative estimate of drug-likeness (QED) is 0.776. The molecule has 0 unspecified atom stereocenters. The number of ether oxygens (including phenoxy) is 1. The van der Waals surface area contributed by atoms with Gasteiger partial charge in [0.15, 0.2) is 0 Å². The fourth-order valence-electron chi connectivity index (χ4n) is 2.87. The zero-order valence-electron chi connectivity index (χ0n) is 14.4. The molecule has 0 saturated carbocycles. The van der Waals surface area contributed by atoms with E-state index in [2.05, 4.69) is 20.3 Å². The van der Waals surface area contributed by atoms with Crippen molar-refractivity contribution in [1.82, 2.24) is 19.9 Å². The topological polar surface area (TPSA) is 88.8 Å². The minimum Gasteiger partial charge on any atom is -0.385 e. The minimum atomic E-state index is -0.423. The molecular formula is C16H23N5O3S. The first-order chi connectivity index (χ1) is 12.2. The maximum Gasteiger partial charge on any atom is 0.274 e. The van der Waals surface area contributed by atoms with Crippen molar-refractivity contribution in [2.75, 3.05) is 38.3 Å². The number of rotatable bonds is 6. The van der Waals surface area contributed by atoms with Crippen LogP contribution in [-0.4, -0.2) is 53.9 Å². The molecule has 1 amide bonds. The van der Waals surface area contributed by atoms with E-state index in [-0.39, 0.29) is 11.6 Å². The van der Waals surface area contributed by atoms with Gasteiger partial charge in [0.1, 0.15) is 5.69 Å². The summed E-state index contributed by atoms with van der Waals surface area (Å²) in [6.45, 7) is 2.95. The van der Waals surface area contributed by atoms with E-state index in [4.69, 9.17) is 4.74 Å². The second kappa shape index (κ2) is 8.39. The summed E-state index contributed by atoms with van der Waals surface area (Å²) in [5.74, 6) is -0.321. The molecule has 0 spiro atoms. The Bertz CT molecular complexity index is 780. The monoisotopic (exact) mass is 365 g/mol. The highest BCUT2D eigenvalue weighted by atomic mass is 32.1. The lowest BCUT2D eigenvalue weighted by atomic mass is 10.2. The number of aromatic nitrogens is 3. The molecule has 8 nitrogen and oxygen atoms in total. The van der Waals surface area contributed by atoms with Gasteiger partial charge in [-0.1, -0.05) is 24.2 Å². The number of nitrogens with zero attached hydrogens (tertiary/aromatic N) is 4. The van der Waals surface area contributed by atoms with Gasteiger partial charge < -0.3 is 15.0 Å². The predicted molar refractivity (Wildman–Crippen MR) is 96.6 cm³/mol. The maximum absolute atomic E-state index is 12.4. The van der Waals surface area contributed by atoms with E-state index in [0.29, 0.717) is 24.5 Å². The summed E-state index contributed by atoms with van der Waals surface area (Å²) in [6, 6.07) is 1.24. The number of carbonyl (C=O) groups excluding carboxylic acids is 1. The third-order valence-electron chi connectivity index (χ3n) is 4.16. The van der Waals surface area contributed by atoms with Crippen LogP contribution in [0.25, 0.3) is 4.96 Å². The number of carbonyl (C=O) groups is 1. The first-order valence-corrected chi connectivity index (χ1v) is 9.43. The second-order valence-corrected chi connectivity index (χ2v) is 7.00. The standard InChI is InChI=1S/C16H23N5O3S/c1-24-10-6-7-17-14(23)12-11-13(22)18-15-21(12)19-16(25-15)20-8-4-2-3-5-9-20/h11H,2-10H2,1H3,(H,17,23). The zero-order valence-corrected chi connectivity index (χ0v) is 15.2. The first kappa shape index (κ1) is 17.8. The zero-order chi connectivity index (χ0) is 17.6. The Labute approximate surface area is 149 Å². The van der Waals surface area contributed by atoms with Gasteiger partial charge in [0.05, 0.1) is 0 Å². The molecule has 1 aliphatic rings. The Hall–Kier alpha value is -2.00. The van der Waals surface area contributed by atoms with Crippen molar-refractivity contribution in [2.45, 2.75) is 32.1 Å². The molecule has 136 valence electrons. The molecule has 2 aromatic heterocycles. The fourth-order valence-corrected chi connectivity index (χ4v) is 3.82. The summed E-state index contributed by atoms with van der Waals surface area (Å²) in [7, 11) is 1.62. The normalized spacial score (nSPS) is 15.3. The van der Waals surface area contributed by atoms with Crippen molar-refractivity contribution in [3.8, 4) is 0 Å². The molecule has 9 heteroatoms. The predicted octanol–water partition coefficient (Wildman–Crippen LogP) is 1.30. The average molecular weight is 365 g/mol. The van der Waals surface area contributed by atoms with E-state index in [9.17, 15) is 9.59 Å². The number of methoxy groups -OCH3 is 1. The van der Waals surface area contributed by atoms with E-state index in [0.717, 1.165) is 31.1 Å². The van der Waals surface area contributed by atoms with E-state index >= 15 is 0 Å². The van der Waals surface area contributed by atoms with Crippen LogP contribution in [0.5, 0.6) is 0 Å². The number of amides is 1. The third kappa shape index (κ3) is 4.35. The molecule has 3 rings (SSSR count). The summed E-state index contributed by atoms with van der Waals surface area (Å²) < 4.78 is 6.45. The summed E-state index contributed by atoms with van der Waals surface area (Å²) in [5, 5.41) is 8.17. The number of nitrogens with one attached hydrogen (secondary N) is 1. The van der Waals surface area contributed by atoms with Crippen LogP contribution in [0.4, 0.5) is 5.13 Å². The number of hydrogen-bond donors (Lipinski definition) is 1. The molecule has 0 radical (unpaired) electrons. The SMILES string of the molecule is COCCCNC(=O)c1cc(=O)nc2sc(N3CCCCCC3)nn12. The average Bonchev–Trinajstić information content (AvgIpc) is 2.84. The van der Waals surface area contributed by atoms with Crippen molar-refractivity contribution >= 4 is 27.3 Å². The number of hydrogen-bond acceptors (Lipinski definition) is 7. The fraction of sp³-hybridized carbons (Fsp3) is 0.625. The van der Waals surface area contributed by atoms with Gasteiger partial charge >= 0.3 is 0 Å². The molecule has 1 N–H and O–H groups in total. The Morgan fingerprint density at radius 3 is 2.80 bits per heavy atom. The van der Waals surface area contributed by atoms with Crippen LogP contribution in [0.2, 0.25) is 0 Å². The second-order valence-electron chi connectivity index (χ2n) is 6.06. The van der Waals surface area contributed by atoms with Crippen LogP contribution in [0.15, 0.2) is 10.9 Å². The molecule has 2 aromatic rings. The Morgan fingerprint density at radius 2 is 2.08 bits per heavy atom. The van der Waals surface area contributed by atoms with Gasteiger partial charge in [-0.25, -0.2) is 0 Å². The lowest BCUT2D eigenvalue weighted by Crippen LogP contribution is -2.29. The third-order valence-corrected chi connectivity index (χ3v) is 5.13. The van der Waals surface area contributed by atoms with Crippen molar-refractivity contribution in [2.24, 2.45) is 0 Å². The highest BCUT2D eigenvalue weighted by Crippen LogP contribution is 2.25. The highest BCUT2D eigenvalue weighted by Gasteiger charge is 2.19. The Morgan fingerprint density at radius 1 is 1.32 bits per heavy atom. The maximum atomic E-state index is 12.4. The number of fused-ring (bicyclic) bond motifs is 1. The van der Waals surface area contributed by atoms with Crippen molar-refractivity contribution in [1.29, 1.82) is 0 Å². The van der Waals surface area contributed by atoms with Crippen LogP contribution in [-0.2, 0) is 4.74 Å². The lowest BCUT2D eigenvalue weighted by Gasteiger charge is -2.17. The van der Waals surface area contributed by atoms with Crippen molar-refractivity contribution in [3.05, 3.63) is 22.1 Å². The smallest absolute Gasteiger partial charge is 0.274 e. The molecule has 3 heterocycles. The lowest BCUT2D eigenvalue weighted by molar-refractivity contribution is 0.0941. The molecule has 0 bridgehead atoms. The van der Waals surface area contributed by atoms with E-state index in [1.54, 1.807) is 7.11 Å². The van der Waals surface area contributed by atoms with Gasteiger partial charge in [-0.3, -0.25) is 9.59 Å². The first-order valence-electron chi connectivity index (χ1n) is 8.62. The summed E-state index contributed by atoms with van der Waals surface area (Å²) in [4.78, 5) is 31.0. The molecular weight excluding hydrogens is 342 g/mol. The van der Waals surface area contributed by atoms with E-state index < -0.39 is 5.56 Å². The van der Waals surface area contributed by atoms with E-state index in [1.807, 2.05) is 0 Å². The van der Waals surface area contributed by atoms with Gasteiger partial charge in [0.25, 0.3) is 11.5 Å². The molecule has 0 atom stereocenters. The molecule has 1 fully saturated rings. The molecule has 0 aromatic carbocycles. The minimum absolute atomic E-state index is 0.227. The summed E-state index contributed by atoms with van der Waals surface area (Å²) >= 11 is 1.36.